The van der Waals surface area contributed by atoms with Gasteiger partial charge in [0.1, 0.15) is 16.8 Å². The molecular weight excluding hydrogens is 282 g/mol. The van der Waals surface area contributed by atoms with Gasteiger partial charge in [0, 0.05) is 6.42 Å². The number of H-pyrrole nitrogens is 1. The summed E-state index contributed by atoms with van der Waals surface area (Å²) in [6.45, 7) is 3.57. The first-order chi connectivity index (χ1) is 9.51. The Hall–Kier alpha value is -1.51. The first-order valence-electron chi connectivity index (χ1n) is 6.46. The van der Waals surface area contributed by atoms with Crippen LogP contribution in [-0.4, -0.2) is 31.8 Å². The molecule has 7 nitrogen and oxygen atoms in total. The van der Waals surface area contributed by atoms with Gasteiger partial charge in [0.05, 0.1) is 12.2 Å². The molecule has 0 amide bonds. The molecular formula is C12H15N3O4S. The highest BCUT2D eigenvalue weighted by molar-refractivity contribution is 7.16. The number of rotatable bonds is 2. The number of nitrogens with one attached hydrogen (secondary N) is 1. The smallest absolute Gasteiger partial charge is 0.311 e. The predicted molar refractivity (Wildman–Crippen MR) is 74.1 cm³/mol. The van der Waals surface area contributed by atoms with E-state index < -0.39 is 12.3 Å². The van der Waals surface area contributed by atoms with Crippen LogP contribution >= 0.6 is 11.3 Å². The van der Waals surface area contributed by atoms with Crippen LogP contribution in [0.4, 0.5) is 0 Å². The molecule has 1 aliphatic heterocycles. The summed E-state index contributed by atoms with van der Waals surface area (Å²) >= 11 is 0.851. The van der Waals surface area contributed by atoms with Crippen LogP contribution < -0.4 is 10.4 Å². The van der Waals surface area contributed by atoms with Crippen LogP contribution in [-0.2, 0) is 4.74 Å². The van der Waals surface area contributed by atoms with Gasteiger partial charge < -0.3 is 14.8 Å². The van der Waals surface area contributed by atoms with Crippen LogP contribution in [0.3, 0.4) is 0 Å². The molecule has 0 unspecified atom stereocenters. The van der Waals surface area contributed by atoms with Crippen molar-refractivity contribution in [2.75, 3.05) is 0 Å². The van der Waals surface area contributed by atoms with Gasteiger partial charge >= 0.3 is 4.87 Å². The van der Waals surface area contributed by atoms with Crippen LogP contribution in [0, 0.1) is 6.92 Å². The quantitative estimate of drug-likeness (QED) is 0.842. The lowest BCUT2D eigenvalue weighted by molar-refractivity contribution is -0.0189. The van der Waals surface area contributed by atoms with Crippen LogP contribution in [0.25, 0.3) is 10.3 Å². The van der Waals surface area contributed by atoms with Crippen molar-refractivity contribution >= 4 is 21.7 Å². The lowest BCUT2D eigenvalue weighted by Gasteiger charge is -2.13. The van der Waals surface area contributed by atoms with Gasteiger partial charge in [0.2, 0.25) is 0 Å². The number of nitrogens with zero attached hydrogens (tertiary/aromatic N) is 2. The molecule has 3 rings (SSSR count). The van der Waals surface area contributed by atoms with Gasteiger partial charge in [-0.2, -0.15) is 0 Å². The number of hydrogen-bond donors (Lipinski definition) is 2. The fraction of sp³-hybridized carbons (Fsp3) is 0.583. The topological polar surface area (TPSA) is 97.2 Å². The zero-order valence-corrected chi connectivity index (χ0v) is 11.9. The number of aromatic amines is 1. The van der Waals surface area contributed by atoms with Gasteiger partial charge in [-0.3, -0.25) is 14.2 Å². The molecule has 3 atom stereocenters. The van der Waals surface area contributed by atoms with E-state index in [9.17, 15) is 14.7 Å². The Bertz CT molecular complexity index is 762. The van der Waals surface area contributed by atoms with Crippen molar-refractivity contribution in [3.63, 3.8) is 0 Å². The summed E-state index contributed by atoms with van der Waals surface area (Å²) in [4.78, 5) is 30.5. The van der Waals surface area contributed by atoms with Crippen molar-refractivity contribution in [3.05, 3.63) is 25.8 Å². The van der Waals surface area contributed by atoms with E-state index in [4.69, 9.17) is 4.74 Å². The largest absolute Gasteiger partial charge is 0.390 e. The molecule has 2 N–H and O–H groups in total. The highest BCUT2D eigenvalue weighted by Gasteiger charge is 2.35. The minimum absolute atomic E-state index is 0.287. The fourth-order valence-corrected chi connectivity index (χ4v) is 3.39. The Morgan fingerprint density at radius 1 is 1.55 bits per heavy atom. The summed E-state index contributed by atoms with van der Waals surface area (Å²) in [5.41, 5.74) is 0.00846. The van der Waals surface area contributed by atoms with Gasteiger partial charge in [-0.1, -0.05) is 18.3 Å². The maximum Gasteiger partial charge on any atom is 0.311 e. The summed E-state index contributed by atoms with van der Waals surface area (Å²) in [6, 6.07) is 0. The molecule has 20 heavy (non-hydrogen) atoms. The average molecular weight is 297 g/mol. The van der Waals surface area contributed by atoms with E-state index in [-0.39, 0.29) is 16.5 Å². The second kappa shape index (κ2) is 4.80. The number of thiazole rings is 1. The normalized spacial score (nSPS) is 26.4. The predicted octanol–water partition coefficient (Wildman–Crippen LogP) is 0.513. The number of fused-ring (bicyclic) bond motifs is 1. The SMILES string of the molecule is CC[C@H]1O[C@@H](n2c(=O)sc3c(=O)[nH]c(C)nc32)C[C@@H]1O. The van der Waals surface area contributed by atoms with E-state index in [0.29, 0.717) is 29.0 Å². The van der Waals surface area contributed by atoms with Crippen molar-refractivity contribution in [2.24, 2.45) is 0 Å². The molecule has 0 radical (unpaired) electrons. The van der Waals surface area contributed by atoms with Crippen LogP contribution in [0.2, 0.25) is 0 Å². The van der Waals surface area contributed by atoms with Crippen LogP contribution in [0.1, 0.15) is 31.8 Å². The van der Waals surface area contributed by atoms with E-state index in [1.165, 1.54) is 4.57 Å². The first-order valence-corrected chi connectivity index (χ1v) is 7.28. The van der Waals surface area contributed by atoms with Crippen LogP contribution in [0.5, 0.6) is 0 Å². The molecule has 0 bridgehead atoms. The monoisotopic (exact) mass is 297 g/mol. The summed E-state index contributed by atoms with van der Waals surface area (Å²) in [5.74, 6) is 0.444. The molecule has 2 aromatic heterocycles. The van der Waals surface area contributed by atoms with Crippen molar-refractivity contribution < 1.29 is 9.84 Å². The van der Waals surface area contributed by atoms with Gasteiger partial charge in [-0.15, -0.1) is 0 Å². The Kier molecular flexibility index (Phi) is 3.23. The maximum absolute atomic E-state index is 12.1. The number of aromatic nitrogens is 3. The third-order valence-corrected chi connectivity index (χ3v) is 4.43. The van der Waals surface area contributed by atoms with Crippen molar-refractivity contribution in [1.29, 1.82) is 0 Å². The van der Waals surface area contributed by atoms with E-state index in [0.717, 1.165) is 11.3 Å². The highest BCUT2D eigenvalue weighted by atomic mass is 32.1. The zero-order chi connectivity index (χ0) is 14.4. The second-order valence-electron chi connectivity index (χ2n) is 4.88. The standard InChI is InChI=1S/C12H15N3O4S/c1-3-7-6(16)4-8(19-7)15-10-9(20-12(15)18)11(17)14-5(2)13-10/h6-8,16H,3-4H2,1-2H3,(H,13,14,17)/t6-,7+,8+/m0/s1. The third kappa shape index (κ3) is 2.00. The molecule has 0 saturated carbocycles. The Labute approximate surface area is 117 Å². The second-order valence-corrected chi connectivity index (χ2v) is 5.84. The fourth-order valence-electron chi connectivity index (χ4n) is 2.53. The molecule has 2 aromatic rings. The molecule has 1 aliphatic rings. The Morgan fingerprint density at radius 2 is 2.30 bits per heavy atom. The minimum Gasteiger partial charge on any atom is -0.390 e. The number of ether oxygens (including phenoxy) is 1. The molecule has 0 aliphatic carbocycles. The molecule has 108 valence electrons. The van der Waals surface area contributed by atoms with E-state index in [1.54, 1.807) is 6.92 Å². The molecule has 3 heterocycles. The Morgan fingerprint density at radius 3 is 2.95 bits per heavy atom. The van der Waals surface area contributed by atoms with Crippen LogP contribution in [0.15, 0.2) is 9.59 Å². The highest BCUT2D eigenvalue weighted by Crippen LogP contribution is 2.31. The first kappa shape index (κ1) is 13.5. The molecule has 1 fully saturated rings. The number of hydrogen-bond acceptors (Lipinski definition) is 6. The van der Waals surface area contributed by atoms with Gasteiger partial charge in [-0.25, -0.2) is 4.98 Å². The van der Waals surface area contributed by atoms with E-state index >= 15 is 0 Å². The molecule has 0 spiro atoms. The number of aliphatic hydroxyl groups excluding tert-OH is 1. The minimum atomic E-state index is -0.602. The summed E-state index contributed by atoms with van der Waals surface area (Å²) in [7, 11) is 0. The van der Waals surface area contributed by atoms with Gasteiger partial charge in [0.25, 0.3) is 5.56 Å². The summed E-state index contributed by atoms with van der Waals surface area (Å²) < 4.78 is 7.37. The van der Waals surface area contributed by atoms with Crippen molar-refractivity contribution in [3.8, 4) is 0 Å². The van der Waals surface area contributed by atoms with Crippen molar-refractivity contribution in [1.82, 2.24) is 14.5 Å². The molecule has 0 aromatic carbocycles. The Balaban J connectivity index is 2.15. The van der Waals surface area contributed by atoms with E-state index in [2.05, 4.69) is 9.97 Å². The maximum atomic E-state index is 12.1. The van der Waals surface area contributed by atoms with Gasteiger partial charge in [-0.05, 0) is 13.3 Å². The summed E-state index contributed by atoms with van der Waals surface area (Å²) in [6.07, 6.45) is -0.455. The average Bonchev–Trinajstić information content (AvgIpc) is 2.89. The zero-order valence-electron chi connectivity index (χ0n) is 11.1. The lowest BCUT2D eigenvalue weighted by Crippen LogP contribution is -2.21. The lowest BCUT2D eigenvalue weighted by atomic mass is 10.1. The van der Waals surface area contributed by atoms with Gasteiger partial charge in [0.15, 0.2) is 5.65 Å². The number of aryl methyl sites for hydroxylation is 1. The number of aliphatic hydroxyl groups is 1. The molecule has 8 heteroatoms. The van der Waals surface area contributed by atoms with Crippen molar-refractivity contribution in [2.45, 2.75) is 45.1 Å². The third-order valence-electron chi connectivity index (χ3n) is 3.49. The molecule has 1 saturated heterocycles. The summed E-state index contributed by atoms with van der Waals surface area (Å²) in [5, 5.41) is 9.91. The van der Waals surface area contributed by atoms with E-state index in [1.807, 2.05) is 6.92 Å².